The molecule has 7 rings (SSSR count). The molecule has 0 radical (unpaired) electrons. The van der Waals surface area contributed by atoms with E-state index in [1.165, 1.54) is 24.1 Å². The van der Waals surface area contributed by atoms with Crippen LogP contribution in [-0.2, 0) is 31.3 Å². The zero-order chi connectivity index (χ0) is 37.4. The van der Waals surface area contributed by atoms with E-state index in [1.807, 2.05) is 22.9 Å². The predicted octanol–water partition coefficient (Wildman–Crippen LogP) is 6.53. The van der Waals surface area contributed by atoms with Gasteiger partial charge in [-0.15, -0.1) is 0 Å². The molecule has 14 heteroatoms. The van der Waals surface area contributed by atoms with Crippen molar-refractivity contribution in [1.82, 2.24) is 9.62 Å². The first-order chi connectivity index (χ1) is 25.3. The van der Waals surface area contributed by atoms with Crippen LogP contribution in [0.15, 0.2) is 48.6 Å². The molecule has 1 amide bonds. The zero-order valence-electron chi connectivity index (χ0n) is 30.1. The average molecular weight is 780 g/mol. The monoisotopic (exact) mass is 779 g/mol. The Bertz CT molecular complexity index is 1790. The number of fused-ring (bicyclic) bond motifs is 4. The maximum absolute atomic E-state index is 13.8. The molecule has 3 heterocycles. The molecule has 2 aromatic rings. The second-order valence-electron chi connectivity index (χ2n) is 15.6. The minimum atomic E-state index is -4.76. The number of carbonyl (C=O) groups excluding carboxylic acids is 1. The van der Waals surface area contributed by atoms with Crippen molar-refractivity contribution in [2.24, 2.45) is 17.8 Å². The van der Waals surface area contributed by atoms with Crippen LogP contribution in [0.1, 0.15) is 66.9 Å². The lowest BCUT2D eigenvalue weighted by Crippen LogP contribution is -2.50. The minimum absolute atomic E-state index is 0.0348. The summed E-state index contributed by atoms with van der Waals surface area (Å²) in [7, 11) is -4.74. The summed E-state index contributed by atoms with van der Waals surface area (Å²) >= 11 is 6.44. The van der Waals surface area contributed by atoms with E-state index < -0.39 is 39.7 Å². The van der Waals surface area contributed by atoms with Gasteiger partial charge in [-0.3, -0.25) is 9.69 Å². The van der Waals surface area contributed by atoms with Gasteiger partial charge in [0.15, 0.2) is 0 Å². The maximum atomic E-state index is 13.8. The Balaban J connectivity index is 1.25. The van der Waals surface area contributed by atoms with E-state index in [2.05, 4.69) is 15.9 Å². The first-order valence-electron chi connectivity index (χ1n) is 18.8. The van der Waals surface area contributed by atoms with Crippen LogP contribution in [-0.4, -0.2) is 95.9 Å². The van der Waals surface area contributed by atoms with Crippen LogP contribution in [0, 0.1) is 17.8 Å². The molecule has 53 heavy (non-hydrogen) atoms. The molecule has 0 aromatic heterocycles. The molecule has 2 fully saturated rings. The lowest BCUT2D eigenvalue weighted by Gasteiger charge is -2.46. The average Bonchev–Trinajstić information content (AvgIpc) is 3.25. The van der Waals surface area contributed by atoms with Crippen molar-refractivity contribution in [2.75, 3.05) is 64.1 Å². The molecule has 1 saturated heterocycles. The van der Waals surface area contributed by atoms with E-state index in [0.29, 0.717) is 56.0 Å². The number of morpholine rings is 1. The third-order valence-corrected chi connectivity index (χ3v) is 14.1. The fraction of sp³-hybridized carbons (Fsp3) is 0.615. The first-order valence-corrected chi connectivity index (χ1v) is 20.7. The van der Waals surface area contributed by atoms with Crippen molar-refractivity contribution in [1.29, 1.82) is 0 Å². The normalized spacial score (nSPS) is 31.3. The fourth-order valence-corrected chi connectivity index (χ4v) is 10.8. The first kappa shape index (κ1) is 38.4. The number of carbonyl (C=O) groups is 1. The van der Waals surface area contributed by atoms with Crippen LogP contribution in [0.5, 0.6) is 5.75 Å². The highest BCUT2D eigenvalue weighted by atomic mass is 35.5. The van der Waals surface area contributed by atoms with Crippen LogP contribution < -0.4 is 14.4 Å². The van der Waals surface area contributed by atoms with E-state index in [0.717, 1.165) is 51.7 Å². The number of alkyl halides is 3. The number of halogens is 4. The SMILES string of the molecule is C[C@H]1C/C=C/[C@H](OCCN2CCOCC2)C2CCC2CN2C[C@@]3(CCCc4cc(Cl)ccc43)COc3ccc(cc32)C(=O)NS(=O)(=O)[C@H]1CC(F)(F)F. The number of nitrogens with one attached hydrogen (secondary N) is 1. The molecule has 3 aliphatic heterocycles. The van der Waals surface area contributed by atoms with Gasteiger partial charge in [-0.25, -0.2) is 13.1 Å². The smallest absolute Gasteiger partial charge is 0.390 e. The van der Waals surface area contributed by atoms with Gasteiger partial charge in [0.25, 0.3) is 5.91 Å². The van der Waals surface area contributed by atoms with Crippen molar-refractivity contribution in [3.63, 3.8) is 0 Å². The topological polar surface area (TPSA) is 97.4 Å². The van der Waals surface area contributed by atoms with Gasteiger partial charge < -0.3 is 19.1 Å². The number of aryl methyl sites for hydroxylation is 1. The molecule has 6 atom stereocenters. The highest BCUT2D eigenvalue weighted by molar-refractivity contribution is 7.90. The maximum Gasteiger partial charge on any atom is 0.390 e. The van der Waals surface area contributed by atoms with Gasteiger partial charge in [-0.1, -0.05) is 36.7 Å². The molecule has 2 bridgehead atoms. The summed E-state index contributed by atoms with van der Waals surface area (Å²) in [5, 5.41) is -1.19. The highest BCUT2D eigenvalue weighted by Gasteiger charge is 2.46. The van der Waals surface area contributed by atoms with Crippen molar-refractivity contribution in [3.8, 4) is 5.75 Å². The third-order valence-electron chi connectivity index (χ3n) is 12.0. The molecule has 5 aliphatic rings. The Morgan fingerprint density at radius 2 is 1.92 bits per heavy atom. The van der Waals surface area contributed by atoms with Crippen molar-refractivity contribution >= 4 is 33.2 Å². The number of benzene rings is 2. The van der Waals surface area contributed by atoms with E-state index in [4.69, 9.17) is 25.8 Å². The number of anilines is 1. The number of allylic oxidation sites excluding steroid dienone is 1. The number of hydrogen-bond acceptors (Lipinski definition) is 8. The molecule has 9 nitrogen and oxygen atoms in total. The summed E-state index contributed by atoms with van der Waals surface area (Å²) in [6.45, 7) is 7.39. The van der Waals surface area contributed by atoms with Crippen molar-refractivity contribution in [3.05, 3.63) is 70.3 Å². The van der Waals surface area contributed by atoms with Crippen LogP contribution in [0.3, 0.4) is 0 Å². The molecule has 2 aliphatic carbocycles. The van der Waals surface area contributed by atoms with Gasteiger partial charge in [-0.05, 0) is 97.7 Å². The van der Waals surface area contributed by atoms with Gasteiger partial charge >= 0.3 is 6.18 Å². The predicted molar refractivity (Wildman–Crippen MR) is 197 cm³/mol. The summed E-state index contributed by atoms with van der Waals surface area (Å²) < 4.78 is 89.4. The summed E-state index contributed by atoms with van der Waals surface area (Å²) in [6, 6.07) is 10.8. The summed E-state index contributed by atoms with van der Waals surface area (Å²) in [6.07, 6.45) is 1.79. The van der Waals surface area contributed by atoms with Crippen LogP contribution in [0.4, 0.5) is 18.9 Å². The molecular formula is C39H49ClF3N3O6S. The van der Waals surface area contributed by atoms with Gasteiger partial charge in [0.05, 0.1) is 49.9 Å². The Labute approximate surface area is 315 Å². The molecular weight excluding hydrogens is 731 g/mol. The summed E-state index contributed by atoms with van der Waals surface area (Å²) in [5.74, 6) is -0.966. The number of sulfonamides is 1. The quantitative estimate of drug-likeness (QED) is 0.343. The van der Waals surface area contributed by atoms with Gasteiger partial charge in [0.2, 0.25) is 10.0 Å². The minimum Gasteiger partial charge on any atom is -0.490 e. The Kier molecular flexibility index (Phi) is 11.4. The van der Waals surface area contributed by atoms with Gasteiger partial charge in [0.1, 0.15) is 5.75 Å². The van der Waals surface area contributed by atoms with E-state index in [9.17, 15) is 26.4 Å². The van der Waals surface area contributed by atoms with E-state index in [1.54, 1.807) is 18.2 Å². The summed E-state index contributed by atoms with van der Waals surface area (Å²) in [4.78, 5) is 18.2. The van der Waals surface area contributed by atoms with Crippen LogP contribution >= 0.6 is 11.6 Å². The second kappa shape index (κ2) is 15.7. The Morgan fingerprint density at radius 3 is 2.68 bits per heavy atom. The van der Waals surface area contributed by atoms with Crippen LogP contribution in [0.2, 0.25) is 5.02 Å². The lowest BCUT2D eigenvalue weighted by atomic mass is 9.68. The number of nitrogens with zero attached hydrogens (tertiary/aromatic N) is 2. The molecule has 1 saturated carbocycles. The summed E-state index contributed by atoms with van der Waals surface area (Å²) in [5.41, 5.74) is 2.72. The van der Waals surface area contributed by atoms with E-state index >= 15 is 0 Å². The fourth-order valence-electron chi connectivity index (χ4n) is 8.94. The zero-order valence-corrected chi connectivity index (χ0v) is 31.7. The Hall–Kier alpha value is -2.84. The third kappa shape index (κ3) is 8.69. The van der Waals surface area contributed by atoms with Gasteiger partial charge in [-0.2, -0.15) is 13.2 Å². The molecule has 1 spiro atoms. The van der Waals surface area contributed by atoms with Crippen molar-refractivity contribution < 1.29 is 40.6 Å². The second-order valence-corrected chi connectivity index (χ2v) is 17.9. The molecule has 2 unspecified atom stereocenters. The number of rotatable bonds is 5. The largest absolute Gasteiger partial charge is 0.490 e. The number of ether oxygens (including phenoxy) is 3. The molecule has 2 aromatic carbocycles. The number of amides is 1. The molecule has 1 N–H and O–H groups in total. The highest BCUT2D eigenvalue weighted by Crippen LogP contribution is 2.47. The van der Waals surface area contributed by atoms with Crippen molar-refractivity contribution in [2.45, 2.75) is 74.8 Å². The molecule has 290 valence electrons. The van der Waals surface area contributed by atoms with Gasteiger partial charge in [0, 0.05) is 48.7 Å². The van der Waals surface area contributed by atoms with E-state index in [-0.39, 0.29) is 35.3 Å². The lowest BCUT2D eigenvalue weighted by molar-refractivity contribution is -0.136. The Morgan fingerprint density at radius 1 is 1.11 bits per heavy atom. The number of hydrogen-bond donors (Lipinski definition) is 1. The standard InChI is InChI=1S/C39H49ClF3N3O6S/c1-26-4-2-6-34(51-19-16-45-14-17-50-18-15-45)31-10-7-29(31)23-46-24-38(13-3-5-27-20-30(40)9-11-32(27)38)25-52-35-12-8-28(21-33(35)46)37(47)44-53(48,49)36(26)22-39(41,42)43/h2,6,8-9,11-12,20-21,26,29,31,34,36H,3-5,7,10,13-19,22-25H2,1H3,(H,44,47)/b6-2+/t26-,29?,31?,34-,36-,38-/m0/s1. The van der Waals surface area contributed by atoms with Crippen LogP contribution in [0.25, 0.3) is 0 Å².